The number of fused-ring (bicyclic) bond motifs is 1. The van der Waals surface area contributed by atoms with Crippen LogP contribution < -0.4 is 14.7 Å². The Morgan fingerprint density at radius 3 is 2.22 bits per heavy atom. The van der Waals surface area contributed by atoms with E-state index in [-0.39, 0.29) is 5.91 Å². The second kappa shape index (κ2) is 8.09. The first-order chi connectivity index (χ1) is 15.6. The molecule has 0 bridgehead atoms. The number of carbonyl (C=O) groups is 2. The molecule has 7 heteroatoms. The Hall–Kier alpha value is -3.71. The normalized spacial score (nSPS) is 22.4. The third kappa shape index (κ3) is 3.31. The van der Waals surface area contributed by atoms with Crippen LogP contribution in [-0.4, -0.2) is 24.5 Å². The van der Waals surface area contributed by atoms with Gasteiger partial charge in [-0.2, -0.15) is 0 Å². The Morgan fingerprint density at radius 2 is 1.56 bits per heavy atom. The molecule has 3 aromatic rings. The zero-order chi connectivity index (χ0) is 22.2. The van der Waals surface area contributed by atoms with Crippen molar-refractivity contribution in [3.8, 4) is 5.75 Å². The molecule has 2 aliphatic heterocycles. The van der Waals surface area contributed by atoms with Crippen LogP contribution in [0.5, 0.6) is 5.75 Å². The molecule has 0 saturated carbocycles. The van der Waals surface area contributed by atoms with E-state index < -0.39 is 29.8 Å². The fourth-order valence-electron chi connectivity index (χ4n) is 4.32. The van der Waals surface area contributed by atoms with Gasteiger partial charge < -0.3 is 4.74 Å². The minimum Gasteiger partial charge on any atom is -0.494 e. The first-order valence-corrected chi connectivity index (χ1v) is 10.5. The smallest absolute Gasteiger partial charge is 0.266 e. The van der Waals surface area contributed by atoms with Crippen LogP contribution in [0.25, 0.3) is 0 Å². The Morgan fingerprint density at radius 1 is 0.875 bits per heavy atom. The number of halogens is 1. The van der Waals surface area contributed by atoms with Gasteiger partial charge in [0.1, 0.15) is 17.5 Å². The number of amides is 2. The van der Waals surface area contributed by atoms with E-state index in [9.17, 15) is 14.0 Å². The van der Waals surface area contributed by atoms with Gasteiger partial charge in [0, 0.05) is 0 Å². The summed E-state index contributed by atoms with van der Waals surface area (Å²) in [5, 5.41) is 1.64. The molecule has 0 aromatic heterocycles. The van der Waals surface area contributed by atoms with E-state index in [1.54, 1.807) is 5.06 Å². The Labute approximate surface area is 184 Å². The lowest BCUT2D eigenvalue weighted by Gasteiger charge is -2.28. The largest absolute Gasteiger partial charge is 0.494 e. The van der Waals surface area contributed by atoms with Crippen molar-refractivity contribution in [2.24, 2.45) is 5.92 Å². The van der Waals surface area contributed by atoms with Crippen LogP contribution in [0.4, 0.5) is 15.8 Å². The summed E-state index contributed by atoms with van der Waals surface area (Å²) < 4.78 is 18.9. The molecule has 2 aliphatic rings. The number of para-hydroxylation sites is 1. The van der Waals surface area contributed by atoms with Crippen molar-refractivity contribution in [1.82, 2.24) is 0 Å². The summed E-state index contributed by atoms with van der Waals surface area (Å²) in [6.07, 6.45) is -0.968. The molecule has 3 atom stereocenters. The number of rotatable bonds is 5. The summed E-state index contributed by atoms with van der Waals surface area (Å²) in [6, 6.07) is 21.6. The van der Waals surface area contributed by atoms with Crippen molar-refractivity contribution in [3.63, 3.8) is 0 Å². The second-order valence-electron chi connectivity index (χ2n) is 7.65. The predicted molar refractivity (Wildman–Crippen MR) is 117 cm³/mol. The third-order valence-electron chi connectivity index (χ3n) is 5.74. The van der Waals surface area contributed by atoms with Crippen LogP contribution in [0.15, 0.2) is 78.9 Å². The number of ether oxygens (including phenoxy) is 1. The molecule has 0 aliphatic carbocycles. The first kappa shape index (κ1) is 20.2. The second-order valence-corrected chi connectivity index (χ2v) is 7.65. The van der Waals surface area contributed by atoms with Crippen molar-refractivity contribution in [2.45, 2.75) is 19.1 Å². The van der Waals surface area contributed by atoms with Gasteiger partial charge in [-0.05, 0) is 61.0 Å². The van der Waals surface area contributed by atoms with Crippen LogP contribution >= 0.6 is 0 Å². The number of carbonyl (C=O) groups excluding carboxylic acids is 2. The van der Waals surface area contributed by atoms with Gasteiger partial charge in [0.25, 0.3) is 5.91 Å². The average molecular weight is 432 g/mol. The molecule has 162 valence electrons. The van der Waals surface area contributed by atoms with Crippen LogP contribution in [0.3, 0.4) is 0 Å². The van der Waals surface area contributed by atoms with Crippen LogP contribution in [0.2, 0.25) is 0 Å². The van der Waals surface area contributed by atoms with Gasteiger partial charge >= 0.3 is 0 Å². The summed E-state index contributed by atoms with van der Waals surface area (Å²) in [4.78, 5) is 33.9. The molecule has 5 rings (SSSR count). The molecule has 2 fully saturated rings. The highest BCUT2D eigenvalue weighted by Gasteiger charge is 2.60. The highest BCUT2D eigenvalue weighted by molar-refractivity contribution is 6.23. The fourth-order valence-corrected chi connectivity index (χ4v) is 4.32. The van der Waals surface area contributed by atoms with Gasteiger partial charge in [0.05, 0.1) is 24.0 Å². The molecule has 6 nitrogen and oxygen atoms in total. The van der Waals surface area contributed by atoms with Crippen LogP contribution in [0, 0.1) is 11.7 Å². The first-order valence-electron chi connectivity index (χ1n) is 10.5. The highest BCUT2D eigenvalue weighted by Crippen LogP contribution is 2.47. The highest BCUT2D eigenvalue weighted by atomic mass is 19.1. The number of nitrogens with zero attached hydrogens (tertiary/aromatic N) is 2. The molecule has 0 spiro atoms. The van der Waals surface area contributed by atoms with Crippen LogP contribution in [0.1, 0.15) is 18.5 Å². The summed E-state index contributed by atoms with van der Waals surface area (Å²) in [5.41, 5.74) is 1.90. The van der Waals surface area contributed by atoms with Crippen molar-refractivity contribution in [2.75, 3.05) is 16.6 Å². The van der Waals surface area contributed by atoms with Gasteiger partial charge in [0.2, 0.25) is 5.91 Å². The monoisotopic (exact) mass is 432 g/mol. The Bertz CT molecular complexity index is 1130. The molecule has 3 aromatic carbocycles. The number of imide groups is 1. The minimum atomic E-state index is -0.968. The predicted octanol–water partition coefficient (Wildman–Crippen LogP) is 4.28. The van der Waals surface area contributed by atoms with E-state index in [0.29, 0.717) is 12.3 Å². The standard InChI is InChI=1S/C25H21FN2O4/c1-2-31-20-14-8-16(9-15-20)22-21-23(32-28(22)19-6-4-3-5-7-19)25(30)27(24(21)29)18-12-10-17(26)11-13-18/h3-15,21-23H,2H2,1H3/t21-,22-,23+/m1/s1. The fraction of sp³-hybridized carbons (Fsp3) is 0.200. The zero-order valence-corrected chi connectivity index (χ0v) is 17.4. The van der Waals surface area contributed by atoms with E-state index in [2.05, 4.69) is 0 Å². The Balaban J connectivity index is 1.55. The number of anilines is 2. The van der Waals surface area contributed by atoms with E-state index in [0.717, 1.165) is 21.9 Å². The van der Waals surface area contributed by atoms with Gasteiger partial charge in [-0.25, -0.2) is 14.4 Å². The molecule has 0 N–H and O–H groups in total. The molecular formula is C25H21FN2O4. The minimum absolute atomic E-state index is 0.330. The summed E-state index contributed by atoms with van der Waals surface area (Å²) >= 11 is 0. The van der Waals surface area contributed by atoms with E-state index in [4.69, 9.17) is 9.57 Å². The molecule has 2 heterocycles. The summed E-state index contributed by atoms with van der Waals surface area (Å²) in [7, 11) is 0. The molecular weight excluding hydrogens is 411 g/mol. The molecule has 2 saturated heterocycles. The molecule has 32 heavy (non-hydrogen) atoms. The number of hydrogen-bond donors (Lipinski definition) is 0. The van der Waals surface area contributed by atoms with Gasteiger partial charge in [-0.3, -0.25) is 14.4 Å². The molecule has 2 amide bonds. The van der Waals surface area contributed by atoms with Crippen molar-refractivity contribution in [1.29, 1.82) is 0 Å². The number of hydrogen-bond acceptors (Lipinski definition) is 5. The quantitative estimate of drug-likeness (QED) is 0.564. The average Bonchev–Trinajstić information content (AvgIpc) is 3.32. The lowest BCUT2D eigenvalue weighted by Crippen LogP contribution is -2.37. The maximum absolute atomic E-state index is 13.5. The molecule has 0 unspecified atom stereocenters. The van der Waals surface area contributed by atoms with Crippen molar-refractivity contribution in [3.05, 3.63) is 90.2 Å². The van der Waals surface area contributed by atoms with Gasteiger partial charge in [0.15, 0.2) is 6.10 Å². The van der Waals surface area contributed by atoms with E-state index in [1.807, 2.05) is 61.5 Å². The number of benzene rings is 3. The molecule has 0 radical (unpaired) electrons. The van der Waals surface area contributed by atoms with E-state index in [1.165, 1.54) is 24.3 Å². The topological polar surface area (TPSA) is 59.1 Å². The lowest BCUT2D eigenvalue weighted by molar-refractivity contribution is -0.126. The lowest BCUT2D eigenvalue weighted by atomic mass is 9.90. The van der Waals surface area contributed by atoms with Gasteiger partial charge in [-0.15, -0.1) is 0 Å². The van der Waals surface area contributed by atoms with Crippen LogP contribution in [-0.2, 0) is 14.4 Å². The number of hydroxylamine groups is 1. The maximum atomic E-state index is 13.5. The summed E-state index contributed by atoms with van der Waals surface area (Å²) in [6.45, 7) is 2.46. The maximum Gasteiger partial charge on any atom is 0.266 e. The van der Waals surface area contributed by atoms with Gasteiger partial charge in [-0.1, -0.05) is 30.3 Å². The Kier molecular flexibility index (Phi) is 5.11. The summed E-state index contributed by atoms with van der Waals surface area (Å²) in [5.74, 6) is -1.29. The van der Waals surface area contributed by atoms with Crippen molar-refractivity contribution < 1.29 is 23.6 Å². The SMILES string of the molecule is CCOc1ccc([C@@H]2[C@H]3C(=O)N(c4ccc(F)cc4)C(=O)[C@H]3ON2c2ccccc2)cc1. The van der Waals surface area contributed by atoms with Crippen molar-refractivity contribution >= 4 is 23.2 Å². The third-order valence-corrected chi connectivity index (χ3v) is 5.74. The zero-order valence-electron chi connectivity index (χ0n) is 17.4. The van der Waals surface area contributed by atoms with E-state index >= 15 is 0 Å².